The molecule has 0 N–H and O–H groups in total. The Labute approximate surface area is 148 Å². The summed E-state index contributed by atoms with van der Waals surface area (Å²) in [5, 5.41) is 0. The summed E-state index contributed by atoms with van der Waals surface area (Å²) in [5.41, 5.74) is 2.56. The highest BCUT2D eigenvalue weighted by Gasteiger charge is 2.34. The number of aromatic nitrogens is 1. The molecule has 130 valence electrons. The van der Waals surface area contributed by atoms with Crippen LogP contribution in [0.15, 0.2) is 59.9 Å². The average Bonchev–Trinajstić information content (AvgIpc) is 2.62. The lowest BCUT2D eigenvalue weighted by atomic mass is 9.83. The van der Waals surface area contributed by atoms with Crippen molar-refractivity contribution in [1.29, 1.82) is 0 Å². The lowest BCUT2D eigenvalue weighted by molar-refractivity contribution is 0.113. The summed E-state index contributed by atoms with van der Waals surface area (Å²) in [6.45, 7) is 8.01. The van der Waals surface area contributed by atoms with Crippen molar-refractivity contribution < 1.29 is 4.74 Å². The number of hydrogen-bond donors (Lipinski definition) is 0. The van der Waals surface area contributed by atoms with Crippen LogP contribution in [-0.2, 0) is 13.1 Å². The topological polar surface area (TPSA) is 34.5 Å². The van der Waals surface area contributed by atoms with Gasteiger partial charge in [-0.05, 0) is 24.5 Å². The maximum absolute atomic E-state index is 12.1. The number of benzene rings is 1. The summed E-state index contributed by atoms with van der Waals surface area (Å²) < 4.78 is 7.79. The van der Waals surface area contributed by atoms with Gasteiger partial charge in [-0.1, -0.05) is 36.9 Å². The van der Waals surface area contributed by atoms with Crippen molar-refractivity contribution in [3.63, 3.8) is 0 Å². The molecular formula is C21H24N2O2. The van der Waals surface area contributed by atoms with E-state index in [2.05, 4.69) is 29.7 Å². The molecule has 0 saturated carbocycles. The molecule has 4 nitrogen and oxygen atoms in total. The van der Waals surface area contributed by atoms with Gasteiger partial charge >= 0.3 is 0 Å². The molecule has 2 aliphatic heterocycles. The number of rotatable bonds is 5. The van der Waals surface area contributed by atoms with Crippen LogP contribution in [0.4, 0.5) is 0 Å². The second kappa shape index (κ2) is 6.89. The molecule has 1 fully saturated rings. The van der Waals surface area contributed by atoms with Crippen LogP contribution in [0.1, 0.15) is 23.6 Å². The van der Waals surface area contributed by atoms with Gasteiger partial charge < -0.3 is 9.30 Å². The third kappa shape index (κ3) is 3.27. The number of para-hydroxylation sites is 1. The normalized spacial score (nSPS) is 22.2. The highest BCUT2D eigenvalue weighted by atomic mass is 16.5. The van der Waals surface area contributed by atoms with Crippen molar-refractivity contribution in [3.8, 4) is 5.75 Å². The van der Waals surface area contributed by atoms with E-state index in [1.54, 1.807) is 12.1 Å². The molecule has 1 aromatic carbocycles. The Morgan fingerprint density at radius 3 is 2.88 bits per heavy atom. The summed E-state index contributed by atoms with van der Waals surface area (Å²) in [6, 6.07) is 13.9. The van der Waals surface area contributed by atoms with Crippen molar-refractivity contribution in [2.45, 2.75) is 25.4 Å². The molecular weight excluding hydrogens is 312 g/mol. The molecule has 2 atom stereocenters. The van der Waals surface area contributed by atoms with E-state index >= 15 is 0 Å². The molecule has 4 rings (SSSR count). The molecule has 0 unspecified atom stereocenters. The average molecular weight is 336 g/mol. The molecule has 0 radical (unpaired) electrons. The lowest BCUT2D eigenvalue weighted by Gasteiger charge is -2.42. The third-order valence-electron chi connectivity index (χ3n) is 5.28. The highest BCUT2D eigenvalue weighted by molar-refractivity contribution is 5.33. The molecule has 0 aliphatic carbocycles. The molecule has 25 heavy (non-hydrogen) atoms. The SMILES string of the molecule is C=CCOc1ccccc1CN1C[C@@H]2C[C@@H](C1)c1cccc(=O)n1C2. The van der Waals surface area contributed by atoms with E-state index in [4.69, 9.17) is 4.74 Å². The van der Waals surface area contributed by atoms with Crippen LogP contribution in [0.5, 0.6) is 5.75 Å². The first-order chi connectivity index (χ1) is 12.2. The van der Waals surface area contributed by atoms with Gasteiger partial charge in [-0.2, -0.15) is 0 Å². The van der Waals surface area contributed by atoms with Gasteiger partial charge in [0, 0.05) is 49.4 Å². The Balaban J connectivity index is 1.53. The molecule has 3 heterocycles. The summed E-state index contributed by atoms with van der Waals surface area (Å²) in [4.78, 5) is 14.6. The first kappa shape index (κ1) is 16.2. The smallest absolute Gasteiger partial charge is 0.250 e. The van der Waals surface area contributed by atoms with Crippen LogP contribution in [0, 0.1) is 5.92 Å². The maximum atomic E-state index is 12.1. The van der Waals surface area contributed by atoms with Gasteiger partial charge in [0.2, 0.25) is 0 Å². The maximum Gasteiger partial charge on any atom is 0.250 e. The van der Waals surface area contributed by atoms with Gasteiger partial charge in [0.1, 0.15) is 12.4 Å². The van der Waals surface area contributed by atoms with Crippen molar-refractivity contribution in [2.75, 3.05) is 19.7 Å². The third-order valence-corrected chi connectivity index (χ3v) is 5.28. The molecule has 0 spiro atoms. The fraction of sp³-hybridized carbons (Fsp3) is 0.381. The van der Waals surface area contributed by atoms with Crippen molar-refractivity contribution >= 4 is 0 Å². The number of pyridine rings is 1. The zero-order valence-electron chi connectivity index (χ0n) is 14.4. The predicted molar refractivity (Wildman–Crippen MR) is 99.0 cm³/mol. The zero-order valence-corrected chi connectivity index (χ0v) is 14.4. The first-order valence-electron chi connectivity index (χ1n) is 8.98. The minimum atomic E-state index is 0.142. The summed E-state index contributed by atoms with van der Waals surface area (Å²) in [5.74, 6) is 1.94. The van der Waals surface area contributed by atoms with Gasteiger partial charge in [0.25, 0.3) is 5.56 Å². The fourth-order valence-electron chi connectivity index (χ4n) is 4.29. The van der Waals surface area contributed by atoms with Gasteiger partial charge in [-0.25, -0.2) is 0 Å². The number of ether oxygens (including phenoxy) is 1. The van der Waals surface area contributed by atoms with Gasteiger partial charge in [0.15, 0.2) is 0 Å². The highest BCUT2D eigenvalue weighted by Crippen LogP contribution is 2.36. The van der Waals surface area contributed by atoms with Crippen molar-refractivity contribution in [3.05, 3.63) is 76.7 Å². The van der Waals surface area contributed by atoms with E-state index in [1.807, 2.05) is 22.8 Å². The van der Waals surface area contributed by atoms with Gasteiger partial charge in [0.05, 0.1) is 0 Å². The largest absolute Gasteiger partial charge is 0.489 e. The number of nitrogens with zero attached hydrogens (tertiary/aromatic N) is 2. The number of fused-ring (bicyclic) bond motifs is 4. The Morgan fingerprint density at radius 2 is 2.00 bits per heavy atom. The minimum Gasteiger partial charge on any atom is -0.489 e. The number of likely N-dealkylation sites (tertiary alicyclic amines) is 1. The molecule has 2 bridgehead atoms. The summed E-state index contributed by atoms with van der Waals surface area (Å²) >= 11 is 0. The predicted octanol–water partition coefficient (Wildman–Crippen LogP) is 3.03. The van der Waals surface area contributed by atoms with Crippen LogP contribution in [0.3, 0.4) is 0 Å². The molecule has 0 amide bonds. The molecule has 2 aromatic rings. The Bertz CT molecular complexity index is 827. The molecule has 1 saturated heterocycles. The Morgan fingerprint density at radius 1 is 1.12 bits per heavy atom. The van der Waals surface area contributed by atoms with E-state index in [0.717, 1.165) is 31.9 Å². The van der Waals surface area contributed by atoms with Gasteiger partial charge in [-0.15, -0.1) is 0 Å². The number of piperidine rings is 1. The first-order valence-corrected chi connectivity index (χ1v) is 8.98. The van der Waals surface area contributed by atoms with E-state index in [0.29, 0.717) is 18.4 Å². The van der Waals surface area contributed by atoms with E-state index in [9.17, 15) is 4.79 Å². The van der Waals surface area contributed by atoms with Crippen LogP contribution in [0.2, 0.25) is 0 Å². The Hall–Kier alpha value is -2.33. The molecule has 4 heteroatoms. The quantitative estimate of drug-likeness (QED) is 0.787. The zero-order chi connectivity index (χ0) is 17.2. The van der Waals surface area contributed by atoms with Crippen LogP contribution in [-0.4, -0.2) is 29.2 Å². The Kier molecular flexibility index (Phi) is 4.45. The van der Waals surface area contributed by atoms with Crippen LogP contribution >= 0.6 is 0 Å². The van der Waals surface area contributed by atoms with E-state index < -0.39 is 0 Å². The van der Waals surface area contributed by atoms with Crippen LogP contribution in [0.25, 0.3) is 0 Å². The summed E-state index contributed by atoms with van der Waals surface area (Å²) in [7, 11) is 0. The monoisotopic (exact) mass is 336 g/mol. The van der Waals surface area contributed by atoms with Crippen LogP contribution < -0.4 is 10.3 Å². The number of hydrogen-bond acceptors (Lipinski definition) is 3. The molecule has 1 aromatic heterocycles. The second-order valence-corrected chi connectivity index (χ2v) is 7.10. The van der Waals surface area contributed by atoms with Crippen molar-refractivity contribution in [1.82, 2.24) is 9.47 Å². The van der Waals surface area contributed by atoms with Gasteiger partial charge in [-0.3, -0.25) is 9.69 Å². The van der Waals surface area contributed by atoms with E-state index in [-0.39, 0.29) is 5.56 Å². The van der Waals surface area contributed by atoms with Crippen molar-refractivity contribution in [2.24, 2.45) is 5.92 Å². The minimum absolute atomic E-state index is 0.142. The summed E-state index contributed by atoms with van der Waals surface area (Å²) in [6.07, 6.45) is 2.96. The van der Waals surface area contributed by atoms with E-state index in [1.165, 1.54) is 17.7 Å². The second-order valence-electron chi connectivity index (χ2n) is 7.10. The lowest BCUT2D eigenvalue weighted by Crippen LogP contribution is -2.46. The standard InChI is InChI=1S/C21H24N2O2/c1-2-10-25-20-8-4-3-6-17(20)14-22-12-16-11-18(15-22)19-7-5-9-21(24)23(19)13-16/h2-9,16,18H,1,10-15H2/t16-,18-/m0/s1. The molecule has 2 aliphatic rings. The fourth-order valence-corrected chi connectivity index (χ4v) is 4.29.